The van der Waals surface area contributed by atoms with E-state index in [1.165, 1.54) is 4.90 Å². The van der Waals surface area contributed by atoms with Gasteiger partial charge in [-0.2, -0.15) is 13.2 Å². The molecule has 0 bridgehead atoms. The van der Waals surface area contributed by atoms with Gasteiger partial charge in [-0.3, -0.25) is 4.90 Å². The van der Waals surface area contributed by atoms with E-state index in [0.29, 0.717) is 6.42 Å². The molecular weight excluding hydrogens is 333 g/mol. The number of alkyl halides is 3. The number of amides is 1. The Bertz CT molecular complexity index is 570. The molecule has 1 fully saturated rings. The molecule has 1 aliphatic rings. The number of rotatable bonds is 3. The standard InChI is InChI=1S/C18H25F3N2O2/c1-17(2,3)25-16(24)22-14-9-10-23(15(11-14)18(19,20)21)12-13-7-5-4-6-8-13/h4-8,14-15H,9-12H2,1-3H3,(H,22,24). The van der Waals surface area contributed by atoms with Crippen molar-refractivity contribution in [1.29, 1.82) is 0 Å². The lowest BCUT2D eigenvalue weighted by Gasteiger charge is -2.40. The zero-order valence-electron chi connectivity index (χ0n) is 14.8. The van der Waals surface area contributed by atoms with Gasteiger partial charge in [0, 0.05) is 19.1 Å². The monoisotopic (exact) mass is 358 g/mol. The molecule has 0 radical (unpaired) electrons. The first-order valence-electron chi connectivity index (χ1n) is 8.39. The highest BCUT2D eigenvalue weighted by Gasteiger charge is 2.47. The number of ether oxygens (including phenoxy) is 1. The molecule has 1 N–H and O–H groups in total. The summed E-state index contributed by atoms with van der Waals surface area (Å²) in [6.07, 6.45) is -4.73. The average Bonchev–Trinajstić information content (AvgIpc) is 2.47. The summed E-state index contributed by atoms with van der Waals surface area (Å²) in [5.41, 5.74) is 0.164. The highest BCUT2D eigenvalue weighted by atomic mass is 19.4. The second-order valence-electron chi connectivity index (χ2n) is 7.38. The molecule has 140 valence electrons. The van der Waals surface area contributed by atoms with Crippen LogP contribution in [0, 0.1) is 0 Å². The van der Waals surface area contributed by atoms with Gasteiger partial charge in [-0.15, -0.1) is 0 Å². The molecule has 1 aromatic rings. The van der Waals surface area contributed by atoms with E-state index >= 15 is 0 Å². The van der Waals surface area contributed by atoms with Gasteiger partial charge in [0.2, 0.25) is 0 Å². The van der Waals surface area contributed by atoms with Crippen LogP contribution < -0.4 is 5.32 Å². The topological polar surface area (TPSA) is 41.6 Å². The summed E-state index contributed by atoms with van der Waals surface area (Å²) >= 11 is 0. The van der Waals surface area contributed by atoms with Crippen LogP contribution in [0.2, 0.25) is 0 Å². The van der Waals surface area contributed by atoms with Crippen molar-refractivity contribution in [2.24, 2.45) is 0 Å². The predicted octanol–water partition coefficient (Wildman–Crippen LogP) is 4.11. The molecule has 4 nitrogen and oxygen atoms in total. The molecule has 25 heavy (non-hydrogen) atoms. The van der Waals surface area contributed by atoms with Gasteiger partial charge in [0.05, 0.1) is 0 Å². The van der Waals surface area contributed by atoms with E-state index in [1.54, 1.807) is 20.8 Å². The van der Waals surface area contributed by atoms with Gasteiger partial charge in [0.25, 0.3) is 0 Å². The average molecular weight is 358 g/mol. The van der Waals surface area contributed by atoms with E-state index in [-0.39, 0.29) is 19.5 Å². The molecule has 2 rings (SSSR count). The minimum absolute atomic E-state index is 0.171. The van der Waals surface area contributed by atoms with Crippen LogP contribution >= 0.6 is 0 Å². The predicted molar refractivity (Wildman–Crippen MR) is 89.1 cm³/mol. The fourth-order valence-electron chi connectivity index (χ4n) is 2.97. The van der Waals surface area contributed by atoms with Crippen molar-refractivity contribution < 1.29 is 22.7 Å². The zero-order chi connectivity index (χ0) is 18.7. The second-order valence-corrected chi connectivity index (χ2v) is 7.38. The molecule has 1 amide bonds. The van der Waals surface area contributed by atoms with E-state index in [9.17, 15) is 18.0 Å². The molecule has 2 atom stereocenters. The number of carbonyl (C=O) groups excluding carboxylic acids is 1. The number of hydrogen-bond acceptors (Lipinski definition) is 3. The number of alkyl carbamates (subject to hydrolysis) is 1. The van der Waals surface area contributed by atoms with Crippen molar-refractivity contribution in [3.8, 4) is 0 Å². The lowest BCUT2D eigenvalue weighted by atomic mass is 9.96. The van der Waals surface area contributed by atoms with E-state index in [2.05, 4.69) is 5.32 Å². The Morgan fingerprint density at radius 2 is 1.88 bits per heavy atom. The number of piperidine rings is 1. The Morgan fingerprint density at radius 1 is 1.24 bits per heavy atom. The maximum absolute atomic E-state index is 13.5. The van der Waals surface area contributed by atoms with Crippen LogP contribution in [0.4, 0.5) is 18.0 Å². The maximum atomic E-state index is 13.5. The third-order valence-electron chi connectivity index (χ3n) is 4.04. The van der Waals surface area contributed by atoms with Crippen LogP contribution in [-0.4, -0.2) is 41.4 Å². The molecule has 0 aromatic heterocycles. The fraction of sp³-hybridized carbons (Fsp3) is 0.611. The van der Waals surface area contributed by atoms with Gasteiger partial charge in [-0.25, -0.2) is 4.79 Å². The van der Waals surface area contributed by atoms with Gasteiger partial charge in [-0.1, -0.05) is 30.3 Å². The van der Waals surface area contributed by atoms with Crippen LogP contribution in [-0.2, 0) is 11.3 Å². The van der Waals surface area contributed by atoms with E-state index in [0.717, 1.165) is 5.56 Å². The van der Waals surface area contributed by atoms with Crippen LogP contribution in [0.5, 0.6) is 0 Å². The van der Waals surface area contributed by atoms with Crippen LogP contribution in [0.25, 0.3) is 0 Å². The molecule has 1 saturated heterocycles. The summed E-state index contributed by atoms with van der Waals surface area (Å²) in [6.45, 7) is 5.65. The summed E-state index contributed by atoms with van der Waals surface area (Å²) in [5, 5.41) is 2.57. The maximum Gasteiger partial charge on any atom is 0.407 e. The number of nitrogens with one attached hydrogen (secondary N) is 1. The van der Waals surface area contributed by atoms with Gasteiger partial charge >= 0.3 is 12.3 Å². The molecule has 1 aliphatic heterocycles. The Morgan fingerprint density at radius 3 is 2.44 bits per heavy atom. The molecule has 0 aliphatic carbocycles. The summed E-state index contributed by atoms with van der Waals surface area (Å²) in [7, 11) is 0. The number of hydrogen-bond donors (Lipinski definition) is 1. The molecule has 0 spiro atoms. The largest absolute Gasteiger partial charge is 0.444 e. The van der Waals surface area contributed by atoms with Gasteiger partial charge in [-0.05, 0) is 39.2 Å². The highest BCUT2D eigenvalue weighted by Crippen LogP contribution is 2.33. The number of halogens is 3. The smallest absolute Gasteiger partial charge is 0.407 e. The van der Waals surface area contributed by atoms with Crippen molar-refractivity contribution in [2.75, 3.05) is 6.54 Å². The van der Waals surface area contributed by atoms with Crippen molar-refractivity contribution >= 4 is 6.09 Å². The first-order valence-corrected chi connectivity index (χ1v) is 8.39. The first kappa shape index (κ1) is 19.6. The third kappa shape index (κ3) is 6.23. The lowest BCUT2D eigenvalue weighted by Crippen LogP contribution is -2.55. The minimum Gasteiger partial charge on any atom is -0.444 e. The Balaban J connectivity index is 2.01. The van der Waals surface area contributed by atoms with Crippen molar-refractivity contribution in [3.05, 3.63) is 35.9 Å². The van der Waals surface area contributed by atoms with Crippen LogP contribution in [0.3, 0.4) is 0 Å². The Labute approximate surface area is 146 Å². The van der Waals surface area contributed by atoms with Crippen LogP contribution in [0.1, 0.15) is 39.2 Å². The van der Waals surface area contributed by atoms with E-state index < -0.39 is 30.0 Å². The van der Waals surface area contributed by atoms with Gasteiger partial charge in [0.15, 0.2) is 0 Å². The lowest BCUT2D eigenvalue weighted by molar-refractivity contribution is -0.195. The Kier molecular flexibility index (Phi) is 5.98. The quantitative estimate of drug-likeness (QED) is 0.884. The van der Waals surface area contributed by atoms with E-state index in [4.69, 9.17) is 4.74 Å². The summed E-state index contributed by atoms with van der Waals surface area (Å²) in [5.74, 6) is 0. The summed E-state index contributed by atoms with van der Waals surface area (Å²) < 4.78 is 45.6. The van der Waals surface area contributed by atoms with Gasteiger partial charge in [0.1, 0.15) is 11.6 Å². The SMILES string of the molecule is CC(C)(C)OC(=O)NC1CCN(Cc2ccccc2)C(C(F)(F)F)C1. The van der Waals surface area contributed by atoms with Crippen molar-refractivity contribution in [3.63, 3.8) is 0 Å². The van der Waals surface area contributed by atoms with E-state index in [1.807, 2.05) is 30.3 Å². The summed E-state index contributed by atoms with van der Waals surface area (Å²) in [4.78, 5) is 13.3. The number of carbonyl (C=O) groups is 1. The number of likely N-dealkylation sites (tertiary alicyclic amines) is 1. The number of benzene rings is 1. The van der Waals surface area contributed by atoms with Gasteiger partial charge < -0.3 is 10.1 Å². The first-order chi connectivity index (χ1) is 11.5. The van der Waals surface area contributed by atoms with Crippen LogP contribution in [0.15, 0.2) is 30.3 Å². The Hall–Kier alpha value is -1.76. The molecular formula is C18H25F3N2O2. The van der Waals surface area contributed by atoms with Crippen molar-refractivity contribution in [2.45, 2.75) is 64.0 Å². The molecule has 1 heterocycles. The normalized spacial score (nSPS) is 22.5. The fourth-order valence-corrected chi connectivity index (χ4v) is 2.97. The molecule has 7 heteroatoms. The molecule has 2 unspecified atom stereocenters. The summed E-state index contributed by atoms with van der Waals surface area (Å²) in [6, 6.07) is 6.97. The minimum atomic E-state index is -4.34. The van der Waals surface area contributed by atoms with Crippen molar-refractivity contribution in [1.82, 2.24) is 10.2 Å². The molecule has 1 aromatic carbocycles. The zero-order valence-corrected chi connectivity index (χ0v) is 14.8. The molecule has 0 saturated carbocycles. The number of nitrogens with zero attached hydrogens (tertiary/aromatic N) is 1. The highest BCUT2D eigenvalue weighted by molar-refractivity contribution is 5.68. The third-order valence-corrected chi connectivity index (χ3v) is 4.04. The second kappa shape index (κ2) is 7.64.